The van der Waals surface area contributed by atoms with Crippen molar-refractivity contribution in [3.8, 4) is 0 Å². The summed E-state index contributed by atoms with van der Waals surface area (Å²) >= 11 is 1.61. The predicted molar refractivity (Wildman–Crippen MR) is 212 cm³/mol. The van der Waals surface area contributed by atoms with Crippen LogP contribution < -0.4 is 11.5 Å². The van der Waals surface area contributed by atoms with Crippen molar-refractivity contribution >= 4 is 56.2 Å². The minimum atomic E-state index is 0.462. The first-order valence-electron chi connectivity index (χ1n) is 18.0. The summed E-state index contributed by atoms with van der Waals surface area (Å²) in [5.41, 5.74) is 17.1. The fourth-order valence-electron chi connectivity index (χ4n) is 6.40. The van der Waals surface area contributed by atoms with Crippen LogP contribution in [0.3, 0.4) is 0 Å². The van der Waals surface area contributed by atoms with Crippen LogP contribution in [0.4, 0.5) is 11.4 Å². The summed E-state index contributed by atoms with van der Waals surface area (Å²) < 4.78 is 15.1. The van der Waals surface area contributed by atoms with Gasteiger partial charge in [0.1, 0.15) is 17.9 Å². The van der Waals surface area contributed by atoms with Gasteiger partial charge < -0.3 is 34.7 Å². The third kappa shape index (κ3) is 9.77. The zero-order chi connectivity index (χ0) is 35.4. The topological polar surface area (TPSA) is 115 Å². The Morgan fingerprint density at radius 2 is 1.43 bits per heavy atom. The molecule has 0 spiro atoms. The Morgan fingerprint density at radius 3 is 2.02 bits per heavy atom. The smallest absolute Gasteiger partial charge is 0.141 e. The molecule has 10 nitrogen and oxygen atoms in total. The van der Waals surface area contributed by atoms with Crippen molar-refractivity contribution in [2.75, 3.05) is 52.5 Å². The number of aromatic nitrogens is 2. The van der Waals surface area contributed by atoms with E-state index in [9.17, 15) is 0 Å². The van der Waals surface area contributed by atoms with Crippen LogP contribution in [-0.4, -0.2) is 83.1 Å². The van der Waals surface area contributed by atoms with Gasteiger partial charge in [0.05, 0.1) is 52.3 Å². The molecule has 7 rings (SSSR count). The maximum absolute atomic E-state index is 6.12. The number of aryl methyl sites for hydroxylation is 2. The molecular formula is C40H50N8O2S. The van der Waals surface area contributed by atoms with E-state index in [0.29, 0.717) is 11.7 Å². The van der Waals surface area contributed by atoms with Crippen molar-refractivity contribution in [3.63, 3.8) is 0 Å². The van der Waals surface area contributed by atoms with Gasteiger partial charge in [-0.15, -0.1) is 11.3 Å². The van der Waals surface area contributed by atoms with Gasteiger partial charge in [0.15, 0.2) is 0 Å². The minimum Gasteiger partial charge on any atom is -0.472 e. The minimum absolute atomic E-state index is 0.462. The van der Waals surface area contributed by atoms with E-state index in [-0.39, 0.29) is 0 Å². The highest BCUT2D eigenvalue weighted by atomic mass is 32.1. The second kappa shape index (κ2) is 18.0. The van der Waals surface area contributed by atoms with Crippen LogP contribution in [0.5, 0.6) is 0 Å². The van der Waals surface area contributed by atoms with E-state index in [2.05, 4.69) is 91.6 Å². The number of furan rings is 1. The summed E-state index contributed by atoms with van der Waals surface area (Å²) in [5.74, 6) is 1.04. The van der Waals surface area contributed by atoms with Gasteiger partial charge >= 0.3 is 0 Å². The van der Waals surface area contributed by atoms with Crippen molar-refractivity contribution < 1.29 is 9.15 Å². The molecule has 0 aliphatic carbocycles. The highest BCUT2D eigenvalue weighted by Crippen LogP contribution is 2.25. The summed E-state index contributed by atoms with van der Waals surface area (Å²) in [4.78, 5) is 15.1. The van der Waals surface area contributed by atoms with E-state index in [4.69, 9.17) is 20.6 Å². The highest BCUT2D eigenvalue weighted by molar-refractivity contribution is 7.12. The number of nitrogens with two attached hydrogens (primary N) is 2. The summed E-state index contributed by atoms with van der Waals surface area (Å²) in [6.45, 7) is 14.7. The van der Waals surface area contributed by atoms with Gasteiger partial charge in [0.25, 0.3) is 0 Å². The number of hydrogen-bond donors (Lipinski definition) is 2. The molecule has 11 heteroatoms. The van der Waals surface area contributed by atoms with Crippen LogP contribution in [0, 0.1) is 0 Å². The van der Waals surface area contributed by atoms with Crippen molar-refractivity contribution in [1.29, 1.82) is 0 Å². The Kier molecular flexibility index (Phi) is 12.8. The van der Waals surface area contributed by atoms with Crippen molar-refractivity contribution in [3.05, 3.63) is 107 Å². The zero-order valence-corrected chi connectivity index (χ0v) is 30.6. The zero-order valence-electron chi connectivity index (χ0n) is 29.8. The van der Waals surface area contributed by atoms with Gasteiger partial charge in [0, 0.05) is 45.1 Å². The molecule has 1 aliphatic heterocycles. The molecule has 0 saturated carbocycles. The molecule has 5 heterocycles. The number of hydrogen-bond acceptors (Lipinski definition) is 7. The molecule has 0 bridgehead atoms. The number of rotatable bonds is 14. The van der Waals surface area contributed by atoms with Crippen LogP contribution >= 0.6 is 11.3 Å². The van der Waals surface area contributed by atoms with Crippen molar-refractivity contribution in [1.82, 2.24) is 18.9 Å². The fourth-order valence-corrected chi connectivity index (χ4v) is 7.03. The molecule has 6 aromatic rings. The third-order valence-electron chi connectivity index (χ3n) is 9.35. The lowest BCUT2D eigenvalue weighted by Crippen LogP contribution is -2.37. The molecule has 0 unspecified atom stereocenters. The second-order valence-corrected chi connectivity index (χ2v) is 13.6. The lowest BCUT2D eigenvalue weighted by Gasteiger charge is -2.26. The van der Waals surface area contributed by atoms with Gasteiger partial charge in [-0.05, 0) is 97.2 Å². The summed E-state index contributed by atoms with van der Waals surface area (Å²) in [5, 5.41) is 4.48. The molecule has 0 amide bonds. The van der Waals surface area contributed by atoms with Crippen molar-refractivity contribution in [2.45, 2.75) is 39.8 Å². The molecule has 268 valence electrons. The van der Waals surface area contributed by atoms with Gasteiger partial charge in [-0.2, -0.15) is 0 Å². The van der Waals surface area contributed by atoms with Gasteiger partial charge in [-0.1, -0.05) is 32.0 Å². The van der Waals surface area contributed by atoms with Gasteiger partial charge in [-0.25, -0.2) is 9.98 Å². The lowest BCUT2D eigenvalue weighted by molar-refractivity contribution is 0.0369. The molecule has 4 N–H and O–H groups in total. The average Bonchev–Trinajstić information content (AvgIpc) is 4.00. The van der Waals surface area contributed by atoms with E-state index in [1.54, 1.807) is 23.9 Å². The first kappa shape index (κ1) is 36.1. The average molecular weight is 707 g/mol. The van der Waals surface area contributed by atoms with Crippen LogP contribution in [0.15, 0.2) is 111 Å². The number of ether oxygens (including phenoxy) is 1. The molecule has 0 radical (unpaired) electrons. The Morgan fingerprint density at radius 1 is 0.784 bits per heavy atom. The van der Waals surface area contributed by atoms with E-state index >= 15 is 0 Å². The fraction of sp³-hybridized carbons (Fsp3) is 0.350. The normalized spacial score (nSPS) is 14.4. The Hall–Kier alpha value is -4.68. The van der Waals surface area contributed by atoms with Crippen LogP contribution in [0.25, 0.3) is 21.8 Å². The summed E-state index contributed by atoms with van der Waals surface area (Å²) in [6.07, 6.45) is 9.79. The standard InChI is InChI=1S/C20H24N4O2.C20H26N4S/c21-20(17-5-11-26-15-17)22-18-3-2-16-4-8-24(19(16)14-18)7-1-6-23-9-12-25-13-10-23;1-3-23(4-2)11-6-12-24-13-10-16-8-9-17(15-18(16)24)22-20(21)19-7-5-14-25-19/h2-5,8,11,14-15H,1,6-7,9-10,12-13H2,(H2,21,22);5,7-10,13-15H,3-4,6,11-12H2,1-2H3,(H2,21,22). The number of benzene rings is 2. The Labute approximate surface area is 304 Å². The first-order chi connectivity index (χ1) is 25.0. The predicted octanol–water partition coefficient (Wildman–Crippen LogP) is 7.47. The lowest BCUT2D eigenvalue weighted by atomic mass is 10.2. The Balaban J connectivity index is 0.000000176. The van der Waals surface area contributed by atoms with Gasteiger partial charge in [0.2, 0.25) is 0 Å². The largest absolute Gasteiger partial charge is 0.472 e. The first-order valence-corrected chi connectivity index (χ1v) is 18.8. The summed E-state index contributed by atoms with van der Waals surface area (Å²) in [6, 6.07) is 22.6. The molecule has 0 atom stereocenters. The molecule has 1 saturated heterocycles. The number of amidine groups is 2. The molecule has 1 fully saturated rings. The van der Waals surface area contributed by atoms with E-state index in [0.717, 1.165) is 100 Å². The van der Waals surface area contributed by atoms with E-state index in [1.165, 1.54) is 21.8 Å². The second-order valence-electron chi connectivity index (χ2n) is 12.7. The molecule has 4 aromatic heterocycles. The number of thiophene rings is 1. The van der Waals surface area contributed by atoms with E-state index < -0.39 is 0 Å². The maximum atomic E-state index is 6.12. The molecule has 1 aliphatic rings. The van der Waals surface area contributed by atoms with Crippen LogP contribution in [0.2, 0.25) is 0 Å². The van der Waals surface area contributed by atoms with Crippen LogP contribution in [0.1, 0.15) is 37.1 Å². The quantitative estimate of drug-likeness (QED) is 0.0898. The molecule has 2 aromatic carbocycles. The van der Waals surface area contributed by atoms with E-state index in [1.807, 2.05) is 35.7 Å². The maximum Gasteiger partial charge on any atom is 0.141 e. The summed E-state index contributed by atoms with van der Waals surface area (Å²) in [7, 11) is 0. The third-order valence-corrected chi connectivity index (χ3v) is 10.2. The molecule has 51 heavy (non-hydrogen) atoms. The number of nitrogens with zero attached hydrogens (tertiary/aromatic N) is 6. The molecular weight excluding hydrogens is 657 g/mol. The van der Waals surface area contributed by atoms with Crippen LogP contribution in [-0.2, 0) is 17.8 Å². The Bertz CT molecular complexity index is 2000. The number of aliphatic imine (C=N–C) groups is 2. The van der Waals surface area contributed by atoms with Gasteiger partial charge in [-0.3, -0.25) is 4.90 Å². The monoisotopic (exact) mass is 706 g/mol. The van der Waals surface area contributed by atoms with Crippen molar-refractivity contribution in [2.24, 2.45) is 21.5 Å². The number of fused-ring (bicyclic) bond motifs is 2. The highest BCUT2D eigenvalue weighted by Gasteiger charge is 2.11. The SMILES string of the molecule is CCN(CC)CCCn1ccc2ccc(N=C(N)c3cccs3)cc21.NC(=Nc1ccc2ccn(CCCN3CCOCC3)c2c1)c1ccoc1. The number of morpholine rings is 1.